The zero-order chi connectivity index (χ0) is 27.4. The molecule has 0 aliphatic carbocycles. The number of para-hydroxylation sites is 1. The number of rotatable bonds is 9. The second-order valence-electron chi connectivity index (χ2n) is 7.72. The van der Waals surface area contributed by atoms with Crippen molar-refractivity contribution in [1.29, 1.82) is 0 Å². The topological polar surface area (TPSA) is 127 Å². The van der Waals surface area contributed by atoms with Crippen LogP contribution in [0.4, 0.5) is 25.1 Å². The summed E-state index contributed by atoms with van der Waals surface area (Å²) >= 11 is 0. The molecular formula is C24H22F3N5O6. The molecule has 11 nitrogen and oxygen atoms in total. The first-order chi connectivity index (χ1) is 18.1. The van der Waals surface area contributed by atoms with Gasteiger partial charge in [-0.1, -0.05) is 6.07 Å². The Balaban J connectivity index is 1.80. The summed E-state index contributed by atoms with van der Waals surface area (Å²) in [6.07, 6.45) is -5.23. The molecule has 0 bridgehead atoms. The molecule has 0 atom stereocenters. The van der Waals surface area contributed by atoms with Crippen LogP contribution in [-0.2, 0) is 9.53 Å². The first-order valence-corrected chi connectivity index (χ1v) is 11.0. The number of methoxy groups -OCH3 is 3. The molecule has 4 rings (SSSR count). The molecule has 0 aliphatic heterocycles. The second-order valence-corrected chi connectivity index (χ2v) is 7.72. The zero-order valence-electron chi connectivity index (χ0n) is 20.7. The highest BCUT2D eigenvalue weighted by atomic mass is 19.4. The average Bonchev–Trinajstić information content (AvgIpc) is 2.88. The number of alkyl halides is 3. The van der Waals surface area contributed by atoms with Crippen LogP contribution < -0.4 is 24.3 Å². The number of anilines is 2. The van der Waals surface area contributed by atoms with Crippen LogP contribution in [0.5, 0.6) is 23.1 Å². The summed E-state index contributed by atoms with van der Waals surface area (Å²) in [5.74, 6) is -2.14. The highest BCUT2D eigenvalue weighted by Gasteiger charge is 2.42. The van der Waals surface area contributed by atoms with E-state index in [-0.39, 0.29) is 35.2 Å². The molecule has 2 aromatic heterocycles. The molecule has 38 heavy (non-hydrogen) atoms. The first kappa shape index (κ1) is 26.6. The predicted molar refractivity (Wildman–Crippen MR) is 129 cm³/mol. The van der Waals surface area contributed by atoms with Gasteiger partial charge in [0.2, 0.25) is 17.8 Å². The Kier molecular flexibility index (Phi) is 7.62. The number of hydrogen-bond acceptors (Lipinski definition) is 11. The minimum Gasteiger partial charge on any atom is -0.497 e. The van der Waals surface area contributed by atoms with Gasteiger partial charge in [0, 0.05) is 18.6 Å². The summed E-state index contributed by atoms with van der Waals surface area (Å²) in [7, 11) is 4.42. The highest BCUT2D eigenvalue weighted by molar-refractivity contribution is 5.92. The van der Waals surface area contributed by atoms with Crippen LogP contribution in [0.3, 0.4) is 0 Å². The quantitative estimate of drug-likeness (QED) is 0.246. The molecule has 0 saturated carbocycles. The number of nitrogens with zero attached hydrogens (tertiary/aromatic N) is 4. The third-order valence-corrected chi connectivity index (χ3v) is 5.23. The van der Waals surface area contributed by atoms with Crippen LogP contribution >= 0.6 is 0 Å². The number of carbonyl (C=O) groups is 1. The molecule has 200 valence electrons. The maximum absolute atomic E-state index is 12.9. The molecule has 0 saturated heterocycles. The molecule has 0 amide bonds. The van der Waals surface area contributed by atoms with Crippen molar-refractivity contribution in [2.24, 2.45) is 0 Å². The van der Waals surface area contributed by atoms with Gasteiger partial charge in [0.25, 0.3) is 0 Å². The van der Waals surface area contributed by atoms with E-state index in [1.165, 1.54) is 26.4 Å². The van der Waals surface area contributed by atoms with Gasteiger partial charge in [-0.25, -0.2) is 19.7 Å². The van der Waals surface area contributed by atoms with Crippen molar-refractivity contribution >= 4 is 39.7 Å². The number of benzene rings is 2. The van der Waals surface area contributed by atoms with E-state index in [0.29, 0.717) is 34.7 Å². The number of ether oxygens (including phenoxy) is 5. The summed E-state index contributed by atoms with van der Waals surface area (Å²) < 4.78 is 64.8. The molecule has 0 spiro atoms. The van der Waals surface area contributed by atoms with Gasteiger partial charge < -0.3 is 23.7 Å². The van der Waals surface area contributed by atoms with Gasteiger partial charge in [-0.2, -0.15) is 18.2 Å². The van der Waals surface area contributed by atoms with Crippen LogP contribution in [0.15, 0.2) is 30.3 Å². The molecule has 2 aromatic carbocycles. The molecule has 0 aliphatic rings. The van der Waals surface area contributed by atoms with E-state index in [9.17, 15) is 18.0 Å². The van der Waals surface area contributed by atoms with Gasteiger partial charge in [-0.3, -0.25) is 5.32 Å². The van der Waals surface area contributed by atoms with E-state index < -0.39 is 18.0 Å². The molecule has 2 heterocycles. The molecule has 0 unspecified atom stereocenters. The number of hydrogen-bond donors (Lipinski definition) is 1. The van der Waals surface area contributed by atoms with Crippen molar-refractivity contribution in [2.75, 3.05) is 39.9 Å². The maximum atomic E-state index is 12.9. The van der Waals surface area contributed by atoms with E-state index in [4.69, 9.17) is 18.9 Å². The fourth-order valence-corrected chi connectivity index (χ4v) is 3.48. The Morgan fingerprint density at radius 3 is 2.26 bits per heavy atom. The van der Waals surface area contributed by atoms with Crippen LogP contribution in [-0.4, -0.2) is 66.6 Å². The van der Waals surface area contributed by atoms with E-state index in [1.54, 1.807) is 32.2 Å². The van der Waals surface area contributed by atoms with Gasteiger partial charge in [-0.05, 0) is 25.1 Å². The third-order valence-electron chi connectivity index (χ3n) is 5.23. The smallest absolute Gasteiger partial charge is 0.491 e. The van der Waals surface area contributed by atoms with Crippen LogP contribution in [0.2, 0.25) is 0 Å². The number of carbonyl (C=O) groups excluding carboxylic acids is 1. The Labute approximate surface area is 213 Å². The van der Waals surface area contributed by atoms with Crippen molar-refractivity contribution in [1.82, 2.24) is 19.9 Å². The number of halogens is 3. The SMILES string of the molecule is COCCOc1cc(OC)cc2c(C)nc(Nc3nc(OC(=O)C(F)(F)F)c4cccc(OC)c4n3)nc12. The molecule has 1 N–H and O–H groups in total. The highest BCUT2D eigenvalue weighted by Crippen LogP contribution is 2.34. The minimum atomic E-state index is -5.23. The number of nitrogens with one attached hydrogen (secondary N) is 1. The fraction of sp³-hybridized carbons (Fsp3) is 0.292. The summed E-state index contributed by atoms with van der Waals surface area (Å²) in [5.41, 5.74) is 1.07. The number of esters is 1. The first-order valence-electron chi connectivity index (χ1n) is 11.0. The lowest BCUT2D eigenvalue weighted by Crippen LogP contribution is -2.28. The third kappa shape index (κ3) is 5.59. The fourth-order valence-electron chi connectivity index (χ4n) is 3.48. The van der Waals surface area contributed by atoms with Gasteiger partial charge in [0.15, 0.2) is 0 Å². The van der Waals surface area contributed by atoms with Crippen LogP contribution in [0.1, 0.15) is 5.69 Å². The Morgan fingerprint density at radius 1 is 0.895 bits per heavy atom. The number of fused-ring (bicyclic) bond motifs is 2. The minimum absolute atomic E-state index is 0.0131. The standard InChI is InChI=1S/C24H22F3N5O6/c1-12-15-10-13(35-3)11-17(37-9-8-34-2)19(15)30-22(28-12)32-23-29-18-14(6-5-7-16(18)36-4)20(31-23)38-21(33)24(25,26)27/h5-7,10-11H,8-9H2,1-4H3,(H,28,29,30,31,32). The number of aromatic nitrogens is 4. The van der Waals surface area contributed by atoms with Gasteiger partial charge >= 0.3 is 12.1 Å². The Morgan fingerprint density at radius 2 is 1.61 bits per heavy atom. The summed E-state index contributed by atoms with van der Waals surface area (Å²) in [4.78, 5) is 28.8. The molecule has 4 aromatic rings. The van der Waals surface area contributed by atoms with E-state index in [0.717, 1.165) is 0 Å². The van der Waals surface area contributed by atoms with Crippen LogP contribution in [0.25, 0.3) is 21.8 Å². The lowest BCUT2D eigenvalue weighted by atomic mass is 10.1. The second kappa shape index (κ2) is 10.9. The largest absolute Gasteiger partial charge is 0.497 e. The van der Waals surface area contributed by atoms with Crippen molar-refractivity contribution in [2.45, 2.75) is 13.1 Å². The van der Waals surface area contributed by atoms with Crippen molar-refractivity contribution in [3.63, 3.8) is 0 Å². The maximum Gasteiger partial charge on any atom is 0.491 e. The zero-order valence-corrected chi connectivity index (χ0v) is 20.7. The molecular weight excluding hydrogens is 511 g/mol. The van der Waals surface area contributed by atoms with E-state index in [1.807, 2.05) is 0 Å². The molecule has 0 fully saturated rings. The lowest BCUT2D eigenvalue weighted by molar-refractivity contribution is -0.189. The monoisotopic (exact) mass is 533 g/mol. The summed E-state index contributed by atoms with van der Waals surface area (Å²) in [5, 5.41) is 3.45. The molecule has 14 heteroatoms. The van der Waals surface area contributed by atoms with E-state index >= 15 is 0 Å². The summed E-state index contributed by atoms with van der Waals surface area (Å²) in [6.45, 7) is 2.31. The average molecular weight is 533 g/mol. The van der Waals surface area contributed by atoms with Crippen molar-refractivity contribution in [3.05, 3.63) is 36.0 Å². The normalized spacial score (nSPS) is 11.4. The van der Waals surface area contributed by atoms with E-state index in [2.05, 4.69) is 30.0 Å². The summed E-state index contributed by atoms with van der Waals surface area (Å²) in [6, 6.07) is 7.83. The van der Waals surface area contributed by atoms with Gasteiger partial charge in [0.1, 0.15) is 34.9 Å². The Hall–Kier alpha value is -4.46. The number of aryl methyl sites for hydroxylation is 1. The lowest BCUT2D eigenvalue weighted by Gasteiger charge is -2.14. The van der Waals surface area contributed by atoms with Crippen LogP contribution in [0, 0.1) is 6.92 Å². The van der Waals surface area contributed by atoms with Crippen molar-refractivity contribution in [3.8, 4) is 23.1 Å². The van der Waals surface area contributed by atoms with Gasteiger partial charge in [0.05, 0.1) is 31.9 Å². The molecule has 0 radical (unpaired) electrons. The Bertz CT molecular complexity index is 1500. The predicted octanol–water partition coefficient (Wildman–Crippen LogP) is 4.14. The van der Waals surface area contributed by atoms with Crippen molar-refractivity contribution < 1.29 is 41.7 Å². The van der Waals surface area contributed by atoms with Gasteiger partial charge in [-0.15, -0.1) is 0 Å².